The Morgan fingerprint density at radius 1 is 1.48 bits per heavy atom. The molecule has 2 rings (SSSR count). The molecule has 0 saturated heterocycles. The van der Waals surface area contributed by atoms with Crippen molar-refractivity contribution in [3.63, 3.8) is 0 Å². The molecule has 0 saturated carbocycles. The summed E-state index contributed by atoms with van der Waals surface area (Å²) in [6.45, 7) is 4.70. The minimum Gasteiger partial charge on any atom is -0.492 e. The van der Waals surface area contributed by atoms with E-state index in [-0.39, 0.29) is 17.9 Å². The fourth-order valence-electron chi connectivity index (χ4n) is 2.66. The summed E-state index contributed by atoms with van der Waals surface area (Å²) in [5.74, 6) is 0.814. The van der Waals surface area contributed by atoms with Crippen molar-refractivity contribution in [1.82, 2.24) is 5.32 Å². The Hall–Kier alpha value is -1.22. The van der Waals surface area contributed by atoms with Crippen LogP contribution in [0, 0.1) is 5.92 Å². The minimum absolute atomic E-state index is 0.0876. The highest BCUT2D eigenvalue weighted by Gasteiger charge is 2.26. The SMILES string of the molecule is CCCCCC(C)NC(=O)C1COc2ccc(Cl)cc2C1. The van der Waals surface area contributed by atoms with E-state index in [4.69, 9.17) is 16.3 Å². The Labute approximate surface area is 132 Å². The van der Waals surface area contributed by atoms with E-state index in [1.165, 1.54) is 12.8 Å². The van der Waals surface area contributed by atoms with Crippen molar-refractivity contribution >= 4 is 17.5 Å². The number of fused-ring (bicyclic) bond motifs is 1. The largest absolute Gasteiger partial charge is 0.492 e. The fourth-order valence-corrected chi connectivity index (χ4v) is 2.86. The summed E-state index contributed by atoms with van der Waals surface area (Å²) in [6, 6.07) is 5.81. The van der Waals surface area contributed by atoms with E-state index in [0.29, 0.717) is 18.1 Å². The van der Waals surface area contributed by atoms with E-state index in [2.05, 4.69) is 19.2 Å². The van der Waals surface area contributed by atoms with Gasteiger partial charge in [-0.3, -0.25) is 4.79 Å². The molecular formula is C17H24ClNO2. The number of hydrogen-bond acceptors (Lipinski definition) is 2. The summed E-state index contributed by atoms with van der Waals surface area (Å²) < 4.78 is 5.67. The molecule has 0 aromatic heterocycles. The molecular weight excluding hydrogens is 286 g/mol. The van der Waals surface area contributed by atoms with Gasteiger partial charge in [-0.2, -0.15) is 0 Å². The molecule has 0 spiro atoms. The van der Waals surface area contributed by atoms with E-state index < -0.39 is 0 Å². The zero-order valence-corrected chi connectivity index (χ0v) is 13.6. The van der Waals surface area contributed by atoms with Crippen LogP contribution in [-0.2, 0) is 11.2 Å². The number of carbonyl (C=O) groups excluding carboxylic acids is 1. The van der Waals surface area contributed by atoms with E-state index in [1.807, 2.05) is 18.2 Å². The van der Waals surface area contributed by atoms with Crippen LogP contribution >= 0.6 is 11.6 Å². The minimum atomic E-state index is -0.121. The summed E-state index contributed by atoms with van der Waals surface area (Å²) >= 11 is 6.00. The molecule has 0 aliphatic carbocycles. The van der Waals surface area contributed by atoms with E-state index in [9.17, 15) is 4.79 Å². The molecule has 1 N–H and O–H groups in total. The number of carbonyl (C=O) groups is 1. The highest BCUT2D eigenvalue weighted by Crippen LogP contribution is 2.29. The molecule has 116 valence electrons. The average Bonchev–Trinajstić information content (AvgIpc) is 2.46. The van der Waals surface area contributed by atoms with E-state index in [0.717, 1.165) is 24.2 Å². The number of hydrogen-bond donors (Lipinski definition) is 1. The summed E-state index contributed by atoms with van der Waals surface area (Å²) in [6.07, 6.45) is 5.32. The lowest BCUT2D eigenvalue weighted by molar-refractivity contribution is -0.126. The van der Waals surface area contributed by atoms with Crippen molar-refractivity contribution in [3.05, 3.63) is 28.8 Å². The number of nitrogens with one attached hydrogen (secondary N) is 1. The van der Waals surface area contributed by atoms with Crippen LogP contribution in [0.2, 0.25) is 5.02 Å². The fraction of sp³-hybridized carbons (Fsp3) is 0.588. The van der Waals surface area contributed by atoms with E-state index >= 15 is 0 Å². The first-order valence-corrected chi connectivity index (χ1v) is 8.19. The van der Waals surface area contributed by atoms with Crippen LogP contribution in [0.5, 0.6) is 5.75 Å². The predicted octanol–water partition coefficient (Wildman–Crippen LogP) is 3.98. The molecule has 1 heterocycles. The van der Waals surface area contributed by atoms with Gasteiger partial charge >= 0.3 is 0 Å². The molecule has 2 atom stereocenters. The van der Waals surface area contributed by atoms with Gasteiger partial charge in [0.25, 0.3) is 0 Å². The first-order chi connectivity index (χ1) is 10.1. The predicted molar refractivity (Wildman–Crippen MR) is 85.9 cm³/mol. The maximum Gasteiger partial charge on any atom is 0.227 e. The molecule has 0 bridgehead atoms. The van der Waals surface area contributed by atoms with Crippen LogP contribution < -0.4 is 10.1 Å². The Bertz CT molecular complexity index is 490. The second kappa shape index (κ2) is 7.69. The third-order valence-electron chi connectivity index (χ3n) is 3.93. The average molecular weight is 310 g/mol. The van der Waals surface area contributed by atoms with Crippen LogP contribution in [0.25, 0.3) is 0 Å². The lowest BCUT2D eigenvalue weighted by Crippen LogP contribution is -2.41. The molecule has 1 aliphatic heterocycles. The van der Waals surface area contributed by atoms with Crippen LogP contribution in [-0.4, -0.2) is 18.6 Å². The molecule has 2 unspecified atom stereocenters. The zero-order chi connectivity index (χ0) is 15.2. The first kappa shape index (κ1) is 16.2. The zero-order valence-electron chi connectivity index (χ0n) is 12.8. The third-order valence-corrected chi connectivity index (χ3v) is 4.16. The molecule has 1 amide bonds. The number of ether oxygens (including phenoxy) is 1. The van der Waals surface area contributed by atoms with Crippen molar-refractivity contribution in [2.24, 2.45) is 5.92 Å². The van der Waals surface area contributed by atoms with Gasteiger partial charge in [0.05, 0.1) is 5.92 Å². The van der Waals surface area contributed by atoms with Crippen molar-refractivity contribution in [2.75, 3.05) is 6.61 Å². The number of rotatable bonds is 6. The summed E-state index contributed by atoms with van der Waals surface area (Å²) in [7, 11) is 0. The summed E-state index contributed by atoms with van der Waals surface area (Å²) in [4.78, 5) is 12.3. The van der Waals surface area contributed by atoms with Gasteiger partial charge in [-0.15, -0.1) is 0 Å². The van der Waals surface area contributed by atoms with Gasteiger partial charge in [0.1, 0.15) is 12.4 Å². The topological polar surface area (TPSA) is 38.3 Å². The van der Waals surface area contributed by atoms with Crippen LogP contribution in [0.3, 0.4) is 0 Å². The lowest BCUT2D eigenvalue weighted by Gasteiger charge is -2.26. The second-order valence-electron chi connectivity index (χ2n) is 5.87. The molecule has 21 heavy (non-hydrogen) atoms. The maximum atomic E-state index is 12.3. The molecule has 4 heteroatoms. The lowest BCUT2D eigenvalue weighted by atomic mass is 9.95. The normalized spacial score (nSPS) is 18.5. The van der Waals surface area contributed by atoms with Gasteiger partial charge in [-0.05, 0) is 43.5 Å². The maximum absolute atomic E-state index is 12.3. The van der Waals surface area contributed by atoms with Crippen LogP contribution in [0.15, 0.2) is 18.2 Å². The van der Waals surface area contributed by atoms with Gasteiger partial charge in [0.2, 0.25) is 5.91 Å². The van der Waals surface area contributed by atoms with Crippen molar-refractivity contribution in [3.8, 4) is 5.75 Å². The molecule has 3 nitrogen and oxygen atoms in total. The van der Waals surface area contributed by atoms with Crippen LogP contribution in [0.4, 0.5) is 0 Å². The molecule has 1 aliphatic rings. The monoisotopic (exact) mass is 309 g/mol. The Kier molecular flexibility index (Phi) is 5.92. The van der Waals surface area contributed by atoms with Gasteiger partial charge in [-0.1, -0.05) is 37.8 Å². The highest BCUT2D eigenvalue weighted by atomic mass is 35.5. The van der Waals surface area contributed by atoms with Gasteiger partial charge in [0.15, 0.2) is 0 Å². The number of unbranched alkanes of at least 4 members (excludes halogenated alkanes) is 2. The quantitative estimate of drug-likeness (QED) is 0.807. The van der Waals surface area contributed by atoms with Crippen molar-refractivity contribution in [2.45, 2.75) is 52.0 Å². The third kappa shape index (κ3) is 4.63. The van der Waals surface area contributed by atoms with Crippen LogP contribution in [0.1, 0.15) is 45.1 Å². The molecule has 0 fully saturated rings. The summed E-state index contributed by atoms with van der Waals surface area (Å²) in [5, 5.41) is 3.79. The highest BCUT2D eigenvalue weighted by molar-refractivity contribution is 6.30. The number of halogens is 1. The first-order valence-electron chi connectivity index (χ1n) is 7.81. The number of benzene rings is 1. The van der Waals surface area contributed by atoms with E-state index in [1.54, 1.807) is 0 Å². The number of amides is 1. The van der Waals surface area contributed by atoms with Gasteiger partial charge in [0, 0.05) is 11.1 Å². The summed E-state index contributed by atoms with van der Waals surface area (Å²) in [5.41, 5.74) is 1.02. The van der Waals surface area contributed by atoms with Gasteiger partial charge < -0.3 is 10.1 Å². The van der Waals surface area contributed by atoms with Crippen molar-refractivity contribution in [1.29, 1.82) is 0 Å². The Morgan fingerprint density at radius 2 is 2.29 bits per heavy atom. The standard InChI is InChI=1S/C17H24ClNO2/c1-3-4-5-6-12(2)19-17(20)14-9-13-10-15(18)7-8-16(13)21-11-14/h7-8,10,12,14H,3-6,9,11H2,1-2H3,(H,19,20). The molecule has 1 aromatic carbocycles. The van der Waals surface area contributed by atoms with Gasteiger partial charge in [-0.25, -0.2) is 0 Å². The Morgan fingerprint density at radius 3 is 3.05 bits per heavy atom. The van der Waals surface area contributed by atoms with Crippen molar-refractivity contribution < 1.29 is 9.53 Å². The molecule has 0 radical (unpaired) electrons. The second-order valence-corrected chi connectivity index (χ2v) is 6.31. The Balaban J connectivity index is 1.87. The molecule has 1 aromatic rings. The smallest absolute Gasteiger partial charge is 0.227 e.